The van der Waals surface area contributed by atoms with Crippen molar-refractivity contribution in [3.63, 3.8) is 0 Å². The van der Waals surface area contributed by atoms with Crippen LogP contribution in [0.4, 0.5) is 21.9 Å². The second-order valence-corrected chi connectivity index (χ2v) is 8.92. The van der Waals surface area contributed by atoms with Crippen LogP contribution in [0.15, 0.2) is 48.5 Å². The first-order chi connectivity index (χ1) is 15.5. The van der Waals surface area contributed by atoms with Crippen LogP contribution in [0, 0.1) is 0 Å². The van der Waals surface area contributed by atoms with Gasteiger partial charge in [0.25, 0.3) is 5.91 Å². The minimum atomic E-state index is -0.771. The average molecular weight is 433 g/mol. The molecule has 0 atom stereocenters. The Bertz CT molecular complexity index is 1080. The Morgan fingerprint density at radius 1 is 0.969 bits per heavy atom. The van der Waals surface area contributed by atoms with Gasteiger partial charge in [0.2, 0.25) is 5.91 Å². The minimum absolute atomic E-state index is 0.235. The Labute approximate surface area is 188 Å². The number of fused-ring (bicyclic) bond motifs is 1. The number of nitrogens with one attached hydrogen (secondary N) is 1. The summed E-state index contributed by atoms with van der Waals surface area (Å²) in [5.74, 6) is -0.602. The average Bonchev–Trinajstić information content (AvgIpc) is 3.31. The van der Waals surface area contributed by atoms with Gasteiger partial charge in [-0.05, 0) is 43.0 Å². The molecule has 2 heterocycles. The van der Waals surface area contributed by atoms with Gasteiger partial charge in [-0.1, -0.05) is 49.6 Å². The second-order valence-electron chi connectivity index (χ2n) is 8.92. The number of likely N-dealkylation sites (N-methyl/N-ethyl adjacent to an activating group) is 1. The van der Waals surface area contributed by atoms with Crippen molar-refractivity contribution in [2.75, 3.05) is 30.4 Å². The number of amides is 4. The van der Waals surface area contributed by atoms with E-state index >= 15 is 0 Å². The van der Waals surface area contributed by atoms with Crippen LogP contribution in [0.3, 0.4) is 0 Å². The summed E-state index contributed by atoms with van der Waals surface area (Å²) < 4.78 is 0. The zero-order valence-electron chi connectivity index (χ0n) is 18.3. The first kappa shape index (κ1) is 20.5. The molecule has 7 heteroatoms. The molecule has 0 aromatic heterocycles. The van der Waals surface area contributed by atoms with Crippen molar-refractivity contribution in [3.8, 4) is 0 Å². The number of hydrogen-bond donors (Lipinski definition) is 1. The fourth-order valence-electron chi connectivity index (χ4n) is 5.41. The van der Waals surface area contributed by atoms with Crippen LogP contribution >= 0.6 is 0 Å². The predicted octanol–water partition coefficient (Wildman–Crippen LogP) is 3.92. The van der Waals surface area contributed by atoms with Gasteiger partial charge in [-0.15, -0.1) is 0 Å². The Kier molecular flexibility index (Phi) is 5.12. The summed E-state index contributed by atoms with van der Waals surface area (Å²) in [5.41, 5.74) is 3.23. The maximum Gasteiger partial charge on any atom is 0.327 e. The van der Waals surface area contributed by atoms with Crippen molar-refractivity contribution in [2.24, 2.45) is 0 Å². The molecule has 0 radical (unpaired) electrons. The standard InChI is InChI=1S/C25H28N4O3/c1-27-24(32)29(23(31)25(27)14-7-2-8-15-25)17-22(30)26-19-10-4-6-12-21(19)28-16-13-18-9-3-5-11-20(18)28/h3-6,9-12H,2,7-8,13-17H2,1H3,(H,26,30). The first-order valence-corrected chi connectivity index (χ1v) is 11.4. The number of anilines is 3. The van der Waals surface area contributed by atoms with Crippen molar-refractivity contribution >= 4 is 34.9 Å². The van der Waals surface area contributed by atoms with Crippen molar-refractivity contribution in [3.05, 3.63) is 54.1 Å². The van der Waals surface area contributed by atoms with Crippen molar-refractivity contribution in [1.82, 2.24) is 9.80 Å². The number of carbonyl (C=O) groups is 3. The largest absolute Gasteiger partial charge is 0.339 e. The molecule has 1 saturated carbocycles. The normalized spacial score (nSPS) is 19.6. The lowest BCUT2D eigenvalue weighted by atomic mass is 9.81. The summed E-state index contributed by atoms with van der Waals surface area (Å²) in [6, 6.07) is 15.5. The summed E-state index contributed by atoms with van der Waals surface area (Å²) in [4.78, 5) is 43.8. The van der Waals surface area contributed by atoms with E-state index in [1.165, 1.54) is 5.56 Å². The predicted molar refractivity (Wildman–Crippen MR) is 123 cm³/mol. The van der Waals surface area contributed by atoms with Crippen molar-refractivity contribution in [2.45, 2.75) is 44.1 Å². The molecule has 3 aliphatic rings. The number of rotatable bonds is 4. The van der Waals surface area contributed by atoms with Crippen LogP contribution in [0.25, 0.3) is 0 Å². The third-order valence-electron chi connectivity index (χ3n) is 7.14. The third-order valence-corrected chi connectivity index (χ3v) is 7.14. The molecule has 1 aliphatic carbocycles. The summed E-state index contributed by atoms with van der Waals surface area (Å²) in [7, 11) is 1.68. The number of hydrogen-bond acceptors (Lipinski definition) is 4. The lowest BCUT2D eigenvalue weighted by Gasteiger charge is -2.35. The molecule has 2 aliphatic heterocycles. The van der Waals surface area contributed by atoms with Gasteiger partial charge in [0.05, 0.1) is 11.4 Å². The molecule has 1 spiro atoms. The topological polar surface area (TPSA) is 73.0 Å². The Morgan fingerprint density at radius 3 is 2.44 bits per heavy atom. The van der Waals surface area contributed by atoms with Crippen LogP contribution in [0.1, 0.15) is 37.7 Å². The molecule has 2 aromatic rings. The molecule has 2 aromatic carbocycles. The van der Waals surface area contributed by atoms with Crippen LogP contribution in [-0.4, -0.2) is 53.3 Å². The van der Waals surface area contributed by atoms with Gasteiger partial charge >= 0.3 is 6.03 Å². The van der Waals surface area contributed by atoms with Gasteiger partial charge in [-0.2, -0.15) is 0 Å². The Hall–Kier alpha value is -3.35. The van der Waals surface area contributed by atoms with E-state index in [0.717, 1.165) is 48.5 Å². The van der Waals surface area contributed by atoms with Gasteiger partial charge in [0.15, 0.2) is 0 Å². The summed E-state index contributed by atoms with van der Waals surface area (Å²) >= 11 is 0. The highest BCUT2D eigenvalue weighted by atomic mass is 16.2. The van der Waals surface area contributed by atoms with E-state index in [0.29, 0.717) is 18.5 Å². The SMILES string of the molecule is CN1C(=O)N(CC(=O)Nc2ccccc2N2CCc3ccccc32)C(=O)C12CCCCC2. The van der Waals surface area contributed by atoms with E-state index in [1.54, 1.807) is 11.9 Å². The maximum absolute atomic E-state index is 13.2. The van der Waals surface area contributed by atoms with E-state index in [2.05, 4.69) is 22.3 Å². The molecule has 4 amide bonds. The van der Waals surface area contributed by atoms with Gasteiger partial charge in [-0.3, -0.25) is 14.5 Å². The van der Waals surface area contributed by atoms with Crippen LogP contribution in [0.5, 0.6) is 0 Å². The van der Waals surface area contributed by atoms with Gasteiger partial charge in [-0.25, -0.2) is 4.79 Å². The molecule has 2 fully saturated rings. The number of carbonyl (C=O) groups excluding carboxylic acids is 3. The lowest BCUT2D eigenvalue weighted by molar-refractivity contribution is -0.136. The van der Waals surface area contributed by atoms with Crippen molar-refractivity contribution < 1.29 is 14.4 Å². The summed E-state index contributed by atoms with van der Waals surface area (Å²) in [6.07, 6.45) is 5.21. The molecule has 1 saturated heterocycles. The quantitative estimate of drug-likeness (QED) is 0.744. The van der Waals surface area contributed by atoms with E-state index in [-0.39, 0.29) is 24.4 Å². The fraction of sp³-hybridized carbons (Fsp3) is 0.400. The van der Waals surface area contributed by atoms with Crippen LogP contribution in [-0.2, 0) is 16.0 Å². The van der Waals surface area contributed by atoms with E-state index in [4.69, 9.17) is 0 Å². The van der Waals surface area contributed by atoms with E-state index in [1.807, 2.05) is 36.4 Å². The summed E-state index contributed by atoms with van der Waals surface area (Å²) in [5, 5.41) is 2.95. The highest BCUT2D eigenvalue weighted by molar-refractivity contribution is 6.10. The van der Waals surface area contributed by atoms with Gasteiger partial charge in [0.1, 0.15) is 12.1 Å². The Balaban J connectivity index is 1.34. The lowest BCUT2D eigenvalue weighted by Crippen LogP contribution is -2.49. The monoisotopic (exact) mass is 432 g/mol. The van der Waals surface area contributed by atoms with E-state index in [9.17, 15) is 14.4 Å². The molecule has 7 nitrogen and oxygen atoms in total. The highest BCUT2D eigenvalue weighted by Crippen LogP contribution is 2.40. The third kappa shape index (κ3) is 3.23. The van der Waals surface area contributed by atoms with Gasteiger partial charge in [0, 0.05) is 19.3 Å². The first-order valence-electron chi connectivity index (χ1n) is 11.4. The minimum Gasteiger partial charge on any atom is -0.339 e. The number of urea groups is 1. The zero-order chi connectivity index (χ0) is 22.3. The maximum atomic E-state index is 13.2. The highest BCUT2D eigenvalue weighted by Gasteiger charge is 2.55. The number of imide groups is 1. The zero-order valence-corrected chi connectivity index (χ0v) is 18.3. The molecule has 5 rings (SSSR count). The van der Waals surface area contributed by atoms with E-state index < -0.39 is 5.54 Å². The number of benzene rings is 2. The Morgan fingerprint density at radius 2 is 1.66 bits per heavy atom. The second kappa shape index (κ2) is 7.97. The smallest absolute Gasteiger partial charge is 0.327 e. The van der Waals surface area contributed by atoms with Crippen LogP contribution in [0.2, 0.25) is 0 Å². The van der Waals surface area contributed by atoms with Crippen molar-refractivity contribution in [1.29, 1.82) is 0 Å². The number of nitrogens with zero attached hydrogens (tertiary/aromatic N) is 3. The van der Waals surface area contributed by atoms with Crippen LogP contribution < -0.4 is 10.2 Å². The van der Waals surface area contributed by atoms with Gasteiger partial charge < -0.3 is 15.1 Å². The number of para-hydroxylation sites is 3. The molecular weight excluding hydrogens is 404 g/mol. The molecule has 0 unspecified atom stereocenters. The fourth-order valence-corrected chi connectivity index (χ4v) is 5.41. The molecule has 1 N–H and O–H groups in total. The molecule has 32 heavy (non-hydrogen) atoms. The molecule has 166 valence electrons. The summed E-state index contributed by atoms with van der Waals surface area (Å²) in [6.45, 7) is 0.567. The molecular formula is C25H28N4O3. The molecule has 0 bridgehead atoms.